The van der Waals surface area contributed by atoms with Crippen molar-refractivity contribution in [1.82, 2.24) is 5.32 Å². The quantitative estimate of drug-likeness (QED) is 0.681. The normalized spacial score (nSPS) is 25.4. The fourth-order valence-corrected chi connectivity index (χ4v) is 3.15. The largest absolute Gasteiger partial charge is 0.349 e. The number of nitrogens with one attached hydrogen (secondary N) is 1. The summed E-state index contributed by atoms with van der Waals surface area (Å²) in [5, 5.41) is 14.3. The molecule has 0 aliphatic heterocycles. The Bertz CT molecular complexity index is 562. The third kappa shape index (κ3) is 3.73. The fraction of sp³-hybridized carbons (Fsp3) is 0.533. The Labute approximate surface area is 128 Å². The van der Waals surface area contributed by atoms with Crippen molar-refractivity contribution >= 4 is 23.2 Å². The van der Waals surface area contributed by atoms with E-state index in [-0.39, 0.29) is 17.3 Å². The molecule has 1 N–H and O–H groups in total. The van der Waals surface area contributed by atoms with Crippen molar-refractivity contribution in [3.63, 3.8) is 0 Å². The van der Waals surface area contributed by atoms with E-state index in [9.17, 15) is 14.9 Å². The van der Waals surface area contributed by atoms with E-state index < -0.39 is 10.8 Å². The van der Waals surface area contributed by atoms with Gasteiger partial charge in [0.25, 0.3) is 11.6 Å². The average molecular weight is 311 g/mol. The van der Waals surface area contributed by atoms with Crippen molar-refractivity contribution < 1.29 is 9.72 Å². The van der Waals surface area contributed by atoms with Crippen molar-refractivity contribution in [2.24, 2.45) is 11.8 Å². The molecular formula is C15H19ClN2O3. The zero-order valence-corrected chi connectivity index (χ0v) is 12.9. The molecule has 1 amide bonds. The molecule has 0 heterocycles. The first-order valence-electron chi connectivity index (χ1n) is 7.13. The number of nitro groups is 1. The Kier molecular flexibility index (Phi) is 4.83. The number of rotatable bonds is 3. The van der Waals surface area contributed by atoms with Crippen molar-refractivity contribution in [1.29, 1.82) is 0 Å². The van der Waals surface area contributed by atoms with Crippen LogP contribution in [0.5, 0.6) is 0 Å². The zero-order valence-electron chi connectivity index (χ0n) is 12.1. The Morgan fingerprint density at radius 1 is 1.38 bits per heavy atom. The number of carbonyl (C=O) groups excluding carboxylic acids is 1. The third-order valence-electron chi connectivity index (χ3n) is 4.15. The number of hydrogen-bond acceptors (Lipinski definition) is 3. The van der Waals surface area contributed by atoms with Gasteiger partial charge in [0.1, 0.15) is 5.56 Å². The van der Waals surface area contributed by atoms with Crippen molar-refractivity contribution in [2.45, 2.75) is 39.2 Å². The molecule has 1 aromatic carbocycles. The summed E-state index contributed by atoms with van der Waals surface area (Å²) in [6.07, 6.45) is 3.03. The molecule has 21 heavy (non-hydrogen) atoms. The maximum absolute atomic E-state index is 12.3. The van der Waals surface area contributed by atoms with E-state index in [0.29, 0.717) is 16.9 Å². The summed E-state index contributed by atoms with van der Waals surface area (Å²) in [4.78, 5) is 22.8. The van der Waals surface area contributed by atoms with Crippen LogP contribution in [0, 0.1) is 22.0 Å². The van der Waals surface area contributed by atoms with Crippen LogP contribution in [-0.4, -0.2) is 16.9 Å². The molecule has 0 saturated heterocycles. The fourth-order valence-electron chi connectivity index (χ4n) is 2.98. The lowest BCUT2D eigenvalue weighted by atomic mass is 9.80. The van der Waals surface area contributed by atoms with Crippen LogP contribution in [0.3, 0.4) is 0 Å². The number of halogens is 1. The molecule has 5 nitrogen and oxygen atoms in total. The predicted molar refractivity (Wildman–Crippen MR) is 81.5 cm³/mol. The second kappa shape index (κ2) is 6.43. The van der Waals surface area contributed by atoms with Gasteiger partial charge in [-0.3, -0.25) is 14.9 Å². The lowest BCUT2D eigenvalue weighted by Gasteiger charge is -2.33. The molecule has 1 aliphatic carbocycles. The highest BCUT2D eigenvalue weighted by molar-refractivity contribution is 6.31. The molecule has 0 bridgehead atoms. The highest BCUT2D eigenvalue weighted by atomic mass is 35.5. The van der Waals surface area contributed by atoms with Gasteiger partial charge in [-0.25, -0.2) is 0 Å². The lowest BCUT2D eigenvalue weighted by molar-refractivity contribution is -0.385. The second-order valence-electron chi connectivity index (χ2n) is 5.89. The van der Waals surface area contributed by atoms with E-state index in [0.717, 1.165) is 19.3 Å². The molecule has 114 valence electrons. The summed E-state index contributed by atoms with van der Waals surface area (Å²) in [6, 6.07) is 4.10. The van der Waals surface area contributed by atoms with Gasteiger partial charge in [-0.05, 0) is 43.2 Å². The number of hydrogen-bond donors (Lipinski definition) is 1. The molecule has 0 radical (unpaired) electrons. The molecule has 0 spiro atoms. The summed E-state index contributed by atoms with van der Waals surface area (Å²) in [6.45, 7) is 4.31. The molecule has 6 heteroatoms. The summed E-state index contributed by atoms with van der Waals surface area (Å²) >= 11 is 5.85. The van der Waals surface area contributed by atoms with Crippen LogP contribution in [-0.2, 0) is 0 Å². The number of nitro benzene ring substituents is 1. The van der Waals surface area contributed by atoms with Gasteiger partial charge in [0.2, 0.25) is 0 Å². The summed E-state index contributed by atoms with van der Waals surface area (Å²) in [5.74, 6) is 0.611. The zero-order chi connectivity index (χ0) is 15.6. The summed E-state index contributed by atoms with van der Waals surface area (Å²) in [5.41, 5.74) is -0.188. The van der Waals surface area contributed by atoms with Gasteiger partial charge in [-0.15, -0.1) is 0 Å². The van der Waals surface area contributed by atoms with Gasteiger partial charge in [0, 0.05) is 17.1 Å². The van der Waals surface area contributed by atoms with Crippen LogP contribution in [0.2, 0.25) is 5.02 Å². The van der Waals surface area contributed by atoms with Crippen LogP contribution < -0.4 is 5.32 Å². The highest BCUT2D eigenvalue weighted by Crippen LogP contribution is 2.29. The number of amides is 1. The first-order valence-corrected chi connectivity index (χ1v) is 7.51. The van der Waals surface area contributed by atoms with Crippen LogP contribution in [0.15, 0.2) is 18.2 Å². The van der Waals surface area contributed by atoms with Gasteiger partial charge in [-0.2, -0.15) is 0 Å². The first-order chi connectivity index (χ1) is 9.88. The van der Waals surface area contributed by atoms with Crippen LogP contribution in [0.1, 0.15) is 43.5 Å². The van der Waals surface area contributed by atoms with Gasteiger partial charge in [-0.1, -0.05) is 25.4 Å². The molecule has 1 aromatic rings. The second-order valence-corrected chi connectivity index (χ2v) is 6.33. The molecule has 3 unspecified atom stereocenters. The Balaban J connectivity index is 2.17. The van der Waals surface area contributed by atoms with E-state index in [4.69, 9.17) is 11.6 Å². The van der Waals surface area contributed by atoms with E-state index in [1.54, 1.807) is 0 Å². The SMILES string of the molecule is CC1CCC(NC(=O)c2cc(Cl)ccc2[N+](=O)[O-])C(C)C1. The van der Waals surface area contributed by atoms with Crippen molar-refractivity contribution in [3.05, 3.63) is 38.9 Å². The van der Waals surface area contributed by atoms with Gasteiger partial charge in [0.05, 0.1) is 4.92 Å². The minimum absolute atomic E-state index is 0.0262. The van der Waals surface area contributed by atoms with E-state index in [1.807, 2.05) is 0 Å². The molecule has 2 rings (SSSR count). The predicted octanol–water partition coefficient (Wildman–Crippen LogP) is 3.80. The third-order valence-corrected chi connectivity index (χ3v) is 4.38. The standard InChI is InChI=1S/C15H19ClN2O3/c1-9-3-5-13(10(2)7-9)17-15(19)12-8-11(16)4-6-14(12)18(20)21/h4,6,8-10,13H,3,5,7H2,1-2H3,(H,17,19). The van der Waals surface area contributed by atoms with E-state index in [1.165, 1.54) is 18.2 Å². The van der Waals surface area contributed by atoms with Gasteiger partial charge in [0.15, 0.2) is 0 Å². The molecule has 3 atom stereocenters. The molecular weight excluding hydrogens is 292 g/mol. The maximum atomic E-state index is 12.3. The number of benzene rings is 1. The Morgan fingerprint density at radius 2 is 2.10 bits per heavy atom. The monoisotopic (exact) mass is 310 g/mol. The van der Waals surface area contributed by atoms with Gasteiger partial charge >= 0.3 is 0 Å². The first kappa shape index (κ1) is 15.8. The maximum Gasteiger partial charge on any atom is 0.282 e. The lowest BCUT2D eigenvalue weighted by Crippen LogP contribution is -2.42. The summed E-state index contributed by atoms with van der Waals surface area (Å²) < 4.78 is 0. The van der Waals surface area contributed by atoms with Crippen molar-refractivity contribution in [3.8, 4) is 0 Å². The minimum atomic E-state index is -0.558. The number of carbonyl (C=O) groups is 1. The summed E-state index contributed by atoms with van der Waals surface area (Å²) in [7, 11) is 0. The average Bonchev–Trinajstić information content (AvgIpc) is 2.41. The van der Waals surface area contributed by atoms with Crippen LogP contribution in [0.4, 0.5) is 5.69 Å². The van der Waals surface area contributed by atoms with E-state index in [2.05, 4.69) is 19.2 Å². The Morgan fingerprint density at radius 3 is 2.71 bits per heavy atom. The molecule has 1 aliphatic rings. The molecule has 1 fully saturated rings. The van der Waals surface area contributed by atoms with Crippen LogP contribution in [0.25, 0.3) is 0 Å². The topological polar surface area (TPSA) is 72.2 Å². The van der Waals surface area contributed by atoms with Crippen LogP contribution >= 0.6 is 11.6 Å². The molecule has 1 saturated carbocycles. The Hall–Kier alpha value is -1.62. The van der Waals surface area contributed by atoms with E-state index >= 15 is 0 Å². The number of nitrogens with zero attached hydrogens (tertiary/aromatic N) is 1. The smallest absolute Gasteiger partial charge is 0.282 e. The van der Waals surface area contributed by atoms with Gasteiger partial charge < -0.3 is 5.32 Å². The minimum Gasteiger partial charge on any atom is -0.349 e. The molecule has 0 aromatic heterocycles. The highest BCUT2D eigenvalue weighted by Gasteiger charge is 2.29. The van der Waals surface area contributed by atoms with Crippen molar-refractivity contribution in [2.75, 3.05) is 0 Å².